The van der Waals surface area contributed by atoms with Gasteiger partial charge in [-0.1, -0.05) is 0 Å². The van der Waals surface area contributed by atoms with Gasteiger partial charge in [0.2, 0.25) is 0 Å². The standard InChI is InChI=1S/C15H16N2O4/c1-20-14(18)8-13-10-17(6-7-21-13)15(19)12-4-2-11(9-16)3-5-12/h2-5,13H,6-8,10H2,1H3. The van der Waals surface area contributed by atoms with Crippen LogP contribution in [0.5, 0.6) is 0 Å². The van der Waals surface area contributed by atoms with Crippen LogP contribution in [0.1, 0.15) is 22.3 Å². The van der Waals surface area contributed by atoms with Crippen LogP contribution in [0.3, 0.4) is 0 Å². The second-order valence-electron chi connectivity index (χ2n) is 4.71. The number of ether oxygens (including phenoxy) is 2. The number of nitriles is 1. The molecule has 6 nitrogen and oxygen atoms in total. The van der Waals surface area contributed by atoms with Gasteiger partial charge in [-0.2, -0.15) is 5.26 Å². The molecule has 1 unspecified atom stereocenters. The molecule has 0 aromatic heterocycles. The largest absolute Gasteiger partial charge is 0.469 e. The van der Waals surface area contributed by atoms with E-state index in [1.54, 1.807) is 29.2 Å². The van der Waals surface area contributed by atoms with Gasteiger partial charge in [-0.25, -0.2) is 0 Å². The van der Waals surface area contributed by atoms with Crippen LogP contribution in [0, 0.1) is 11.3 Å². The van der Waals surface area contributed by atoms with Crippen molar-refractivity contribution in [2.24, 2.45) is 0 Å². The lowest BCUT2D eigenvalue weighted by Crippen LogP contribution is -2.46. The van der Waals surface area contributed by atoms with Crippen molar-refractivity contribution in [1.82, 2.24) is 4.90 Å². The van der Waals surface area contributed by atoms with E-state index in [1.165, 1.54) is 7.11 Å². The summed E-state index contributed by atoms with van der Waals surface area (Å²) in [5, 5.41) is 8.75. The van der Waals surface area contributed by atoms with Crippen LogP contribution in [0.2, 0.25) is 0 Å². The molecule has 1 aromatic rings. The summed E-state index contributed by atoms with van der Waals surface area (Å²) in [5.74, 6) is -0.481. The van der Waals surface area contributed by atoms with Crippen molar-refractivity contribution in [3.63, 3.8) is 0 Å². The monoisotopic (exact) mass is 288 g/mol. The number of amides is 1. The molecule has 0 spiro atoms. The highest BCUT2D eigenvalue weighted by Gasteiger charge is 2.26. The van der Waals surface area contributed by atoms with E-state index in [0.29, 0.717) is 30.8 Å². The van der Waals surface area contributed by atoms with E-state index in [4.69, 9.17) is 10.00 Å². The molecule has 1 heterocycles. The highest BCUT2D eigenvalue weighted by Crippen LogP contribution is 2.14. The van der Waals surface area contributed by atoms with E-state index >= 15 is 0 Å². The van der Waals surface area contributed by atoms with Crippen molar-refractivity contribution in [2.45, 2.75) is 12.5 Å². The topological polar surface area (TPSA) is 79.6 Å². The van der Waals surface area contributed by atoms with Gasteiger partial charge < -0.3 is 14.4 Å². The Morgan fingerprint density at radius 3 is 2.76 bits per heavy atom. The number of nitrogens with zero attached hydrogens (tertiary/aromatic N) is 2. The quantitative estimate of drug-likeness (QED) is 0.774. The third kappa shape index (κ3) is 3.80. The molecule has 0 aliphatic carbocycles. The van der Waals surface area contributed by atoms with Crippen LogP contribution in [-0.2, 0) is 14.3 Å². The summed E-state index contributed by atoms with van der Waals surface area (Å²) in [6.07, 6.45) is -0.207. The summed E-state index contributed by atoms with van der Waals surface area (Å²) in [6, 6.07) is 8.49. The maximum atomic E-state index is 12.4. The number of hydrogen-bond donors (Lipinski definition) is 0. The molecule has 1 aliphatic heterocycles. The second kappa shape index (κ2) is 6.86. The second-order valence-corrected chi connectivity index (χ2v) is 4.71. The Balaban J connectivity index is 2.01. The van der Waals surface area contributed by atoms with E-state index in [1.807, 2.05) is 6.07 Å². The highest BCUT2D eigenvalue weighted by molar-refractivity contribution is 5.94. The first-order valence-corrected chi connectivity index (χ1v) is 6.62. The lowest BCUT2D eigenvalue weighted by atomic mass is 10.1. The van der Waals surface area contributed by atoms with E-state index in [2.05, 4.69) is 4.74 Å². The van der Waals surface area contributed by atoms with E-state index < -0.39 is 0 Å². The zero-order chi connectivity index (χ0) is 15.2. The number of hydrogen-bond acceptors (Lipinski definition) is 5. The smallest absolute Gasteiger partial charge is 0.308 e. The Labute approximate surface area is 122 Å². The van der Waals surface area contributed by atoms with Crippen LogP contribution in [0.15, 0.2) is 24.3 Å². The average Bonchev–Trinajstić information content (AvgIpc) is 2.54. The first kappa shape index (κ1) is 15.0. The molecule has 6 heteroatoms. The molecule has 21 heavy (non-hydrogen) atoms. The maximum Gasteiger partial charge on any atom is 0.308 e. The van der Waals surface area contributed by atoms with Gasteiger partial charge in [-0.3, -0.25) is 9.59 Å². The summed E-state index contributed by atoms with van der Waals surface area (Å²) >= 11 is 0. The van der Waals surface area contributed by atoms with Crippen molar-refractivity contribution in [3.8, 4) is 6.07 Å². The molecule has 0 N–H and O–H groups in total. The van der Waals surface area contributed by atoms with Crippen LogP contribution in [0.25, 0.3) is 0 Å². The van der Waals surface area contributed by atoms with Gasteiger partial charge in [0.25, 0.3) is 5.91 Å². The molecule has 1 aromatic carbocycles. The minimum Gasteiger partial charge on any atom is -0.469 e. The highest BCUT2D eigenvalue weighted by atomic mass is 16.5. The first-order valence-electron chi connectivity index (χ1n) is 6.62. The van der Waals surface area contributed by atoms with Crippen LogP contribution in [-0.4, -0.2) is 49.7 Å². The number of carbonyl (C=O) groups is 2. The number of rotatable bonds is 3. The number of morpholine rings is 1. The van der Waals surface area contributed by atoms with Crippen molar-refractivity contribution in [1.29, 1.82) is 5.26 Å². The summed E-state index contributed by atoms with van der Waals surface area (Å²) in [5.41, 5.74) is 1.03. The molecule has 1 atom stereocenters. The van der Waals surface area contributed by atoms with Crippen molar-refractivity contribution >= 4 is 11.9 Å². The average molecular weight is 288 g/mol. The Bertz CT molecular complexity index is 562. The molecule has 0 bridgehead atoms. The molecule has 1 aliphatic rings. The molecule has 1 fully saturated rings. The van der Waals surface area contributed by atoms with Crippen LogP contribution >= 0.6 is 0 Å². The molecular weight excluding hydrogens is 272 g/mol. The van der Waals surface area contributed by atoms with E-state index in [-0.39, 0.29) is 24.4 Å². The lowest BCUT2D eigenvalue weighted by Gasteiger charge is -2.32. The zero-order valence-corrected chi connectivity index (χ0v) is 11.7. The SMILES string of the molecule is COC(=O)CC1CN(C(=O)c2ccc(C#N)cc2)CCO1. The number of benzene rings is 1. The van der Waals surface area contributed by atoms with Crippen LogP contribution < -0.4 is 0 Å². The van der Waals surface area contributed by atoms with Crippen molar-refractivity contribution in [2.75, 3.05) is 26.8 Å². The summed E-state index contributed by atoms with van der Waals surface area (Å²) in [6.45, 7) is 1.23. The van der Waals surface area contributed by atoms with Gasteiger partial charge in [0.05, 0.1) is 37.9 Å². The number of methoxy groups -OCH3 is 1. The van der Waals surface area contributed by atoms with Crippen LogP contribution in [0.4, 0.5) is 0 Å². The third-order valence-corrected chi connectivity index (χ3v) is 3.31. The molecule has 110 valence electrons. The zero-order valence-electron chi connectivity index (χ0n) is 11.7. The van der Waals surface area contributed by atoms with Gasteiger partial charge in [0.15, 0.2) is 0 Å². The molecule has 0 saturated carbocycles. The summed E-state index contributed by atoms with van der Waals surface area (Å²) in [7, 11) is 1.32. The van der Waals surface area contributed by atoms with Gasteiger partial charge in [0, 0.05) is 18.7 Å². The fraction of sp³-hybridized carbons (Fsp3) is 0.400. The maximum absolute atomic E-state index is 12.4. The normalized spacial score (nSPS) is 17.9. The molecule has 0 radical (unpaired) electrons. The minimum atomic E-state index is -0.354. The van der Waals surface area contributed by atoms with E-state index in [9.17, 15) is 9.59 Å². The van der Waals surface area contributed by atoms with Crippen molar-refractivity contribution in [3.05, 3.63) is 35.4 Å². The van der Waals surface area contributed by atoms with Gasteiger partial charge in [0.1, 0.15) is 0 Å². The third-order valence-electron chi connectivity index (χ3n) is 3.31. The fourth-order valence-corrected chi connectivity index (χ4v) is 2.17. The predicted octanol–water partition coefficient (Wildman–Crippen LogP) is 0.962. The minimum absolute atomic E-state index is 0.127. The summed E-state index contributed by atoms with van der Waals surface area (Å²) in [4.78, 5) is 25.3. The van der Waals surface area contributed by atoms with Gasteiger partial charge in [-0.05, 0) is 24.3 Å². The Morgan fingerprint density at radius 2 is 2.14 bits per heavy atom. The lowest BCUT2D eigenvalue weighted by molar-refractivity contribution is -0.145. The predicted molar refractivity (Wildman–Crippen MR) is 73.4 cm³/mol. The molecule has 1 amide bonds. The van der Waals surface area contributed by atoms with Gasteiger partial charge >= 0.3 is 5.97 Å². The Kier molecular flexibility index (Phi) is 4.90. The fourth-order valence-electron chi connectivity index (χ4n) is 2.17. The number of carbonyl (C=O) groups excluding carboxylic acids is 2. The number of esters is 1. The molecule has 2 rings (SSSR count). The molecular formula is C15H16N2O4. The van der Waals surface area contributed by atoms with E-state index in [0.717, 1.165) is 0 Å². The van der Waals surface area contributed by atoms with Gasteiger partial charge in [-0.15, -0.1) is 0 Å². The Morgan fingerprint density at radius 1 is 1.43 bits per heavy atom. The molecule has 1 saturated heterocycles. The van der Waals surface area contributed by atoms with Crippen molar-refractivity contribution < 1.29 is 19.1 Å². The first-order chi connectivity index (χ1) is 10.1. The Hall–Kier alpha value is -2.39. The summed E-state index contributed by atoms with van der Waals surface area (Å²) < 4.78 is 10.1.